The molecule has 1 rings (SSSR count). The van der Waals surface area contributed by atoms with Crippen molar-refractivity contribution in [3.05, 3.63) is 29.1 Å². The van der Waals surface area contributed by atoms with E-state index in [1.807, 2.05) is 0 Å². The number of phosphoric acid groups is 1. The van der Waals surface area contributed by atoms with Crippen molar-refractivity contribution in [1.29, 1.82) is 0 Å². The summed E-state index contributed by atoms with van der Waals surface area (Å²) in [5, 5.41) is 0. The molecule has 1 aromatic rings. The number of hydrogen-bond donors (Lipinski definition) is 1. The predicted octanol–water partition coefficient (Wildman–Crippen LogP) is 2.47. The molecule has 7 nitrogen and oxygen atoms in total. The predicted molar refractivity (Wildman–Crippen MR) is 76.2 cm³/mol. The van der Waals surface area contributed by atoms with Crippen LogP contribution < -0.4 is 4.74 Å². The Hall–Kier alpha value is -1.59. The Bertz CT molecular complexity index is 715. The molecule has 0 fully saturated rings. The fraction of sp³-hybridized carbons (Fsp3) is 0.462. The highest BCUT2D eigenvalue weighted by Crippen LogP contribution is 2.43. The number of hydrogen-bond acceptors (Lipinski definition) is 5. The highest BCUT2D eigenvalue weighted by molar-refractivity contribution is 7.47. The van der Waals surface area contributed by atoms with Crippen LogP contribution in [0.1, 0.15) is 6.92 Å². The molecule has 1 aromatic carbocycles. The van der Waals surface area contributed by atoms with Crippen molar-refractivity contribution in [3.63, 3.8) is 0 Å². The van der Waals surface area contributed by atoms with Gasteiger partial charge in [-0.3, -0.25) is 9.01 Å². The SMILES string of the molecule is CCOP(=O)(O)OC[N+](C)(C)CC(=O)Oc1c(F)c(F)c(F)c(F)c1F. The minimum atomic E-state index is -4.36. The second-order valence-corrected chi connectivity index (χ2v) is 7.06. The molecule has 0 heterocycles. The van der Waals surface area contributed by atoms with Crippen LogP contribution in [0.5, 0.6) is 5.75 Å². The number of likely N-dealkylation sites (N-methyl/N-ethyl adjacent to an activating group) is 1. The summed E-state index contributed by atoms with van der Waals surface area (Å²) in [6, 6.07) is 0. The van der Waals surface area contributed by atoms with Gasteiger partial charge in [0.25, 0.3) is 0 Å². The largest absolute Gasteiger partial charge is 0.476 e. The van der Waals surface area contributed by atoms with Gasteiger partial charge in [-0.1, -0.05) is 0 Å². The van der Waals surface area contributed by atoms with Crippen LogP contribution in [-0.4, -0.2) is 49.3 Å². The van der Waals surface area contributed by atoms with E-state index in [0.29, 0.717) is 0 Å². The fourth-order valence-electron chi connectivity index (χ4n) is 1.65. The fourth-order valence-corrected chi connectivity index (χ4v) is 2.50. The molecule has 0 saturated carbocycles. The number of halogens is 5. The van der Waals surface area contributed by atoms with E-state index in [-0.39, 0.29) is 6.61 Å². The molecule has 1 atom stereocenters. The van der Waals surface area contributed by atoms with Crippen molar-refractivity contribution in [2.45, 2.75) is 6.92 Å². The summed E-state index contributed by atoms with van der Waals surface area (Å²) in [7, 11) is -1.74. The van der Waals surface area contributed by atoms with Gasteiger partial charge in [0.15, 0.2) is 13.3 Å². The Kier molecular flexibility index (Phi) is 7.25. The molecule has 0 aromatic heterocycles. The molecular formula is C13H16F5NO6P+. The Balaban J connectivity index is 2.85. The summed E-state index contributed by atoms with van der Waals surface area (Å²) in [4.78, 5) is 21.0. The first-order valence-electron chi connectivity index (χ1n) is 6.97. The molecule has 0 radical (unpaired) electrons. The topological polar surface area (TPSA) is 82.1 Å². The van der Waals surface area contributed by atoms with Gasteiger partial charge < -0.3 is 9.63 Å². The lowest BCUT2D eigenvalue weighted by Gasteiger charge is -2.28. The summed E-state index contributed by atoms with van der Waals surface area (Å²) in [6.07, 6.45) is 0. The second kappa shape index (κ2) is 8.40. The molecule has 1 unspecified atom stereocenters. The van der Waals surface area contributed by atoms with Gasteiger partial charge >= 0.3 is 13.8 Å². The van der Waals surface area contributed by atoms with Crippen molar-refractivity contribution < 1.29 is 54.5 Å². The number of rotatable bonds is 8. The van der Waals surface area contributed by atoms with Gasteiger partial charge in [-0.05, 0) is 6.92 Å². The number of quaternary nitrogens is 1. The Morgan fingerprint density at radius 2 is 1.46 bits per heavy atom. The zero-order valence-corrected chi connectivity index (χ0v) is 14.8. The number of nitrogens with zero attached hydrogens (tertiary/aromatic N) is 1. The molecule has 0 aliphatic carbocycles. The van der Waals surface area contributed by atoms with E-state index in [2.05, 4.69) is 13.8 Å². The van der Waals surface area contributed by atoms with Crippen molar-refractivity contribution in [2.24, 2.45) is 0 Å². The summed E-state index contributed by atoms with van der Waals surface area (Å²) in [5.41, 5.74) is 0. The third-order valence-electron chi connectivity index (χ3n) is 2.81. The zero-order valence-electron chi connectivity index (χ0n) is 13.9. The molecule has 26 heavy (non-hydrogen) atoms. The lowest BCUT2D eigenvalue weighted by molar-refractivity contribution is -0.899. The molecule has 1 N–H and O–H groups in total. The van der Waals surface area contributed by atoms with Crippen molar-refractivity contribution in [1.82, 2.24) is 0 Å². The number of carbonyl (C=O) groups is 1. The van der Waals surface area contributed by atoms with Gasteiger partial charge in [0.2, 0.25) is 34.8 Å². The lowest BCUT2D eigenvalue weighted by Crippen LogP contribution is -2.46. The molecule has 0 amide bonds. The molecular weight excluding hydrogens is 392 g/mol. The maximum absolute atomic E-state index is 13.5. The summed E-state index contributed by atoms with van der Waals surface area (Å²) in [5.74, 6) is -14.6. The Morgan fingerprint density at radius 3 is 1.92 bits per heavy atom. The van der Waals surface area contributed by atoms with Gasteiger partial charge in [-0.15, -0.1) is 0 Å². The van der Waals surface area contributed by atoms with Gasteiger partial charge in [-0.2, -0.15) is 8.78 Å². The van der Waals surface area contributed by atoms with Gasteiger partial charge in [0.1, 0.15) is 0 Å². The lowest BCUT2D eigenvalue weighted by atomic mass is 10.2. The highest BCUT2D eigenvalue weighted by atomic mass is 31.2. The first-order valence-corrected chi connectivity index (χ1v) is 8.47. The van der Waals surface area contributed by atoms with Crippen molar-refractivity contribution in [2.75, 3.05) is 34.0 Å². The third kappa shape index (κ3) is 5.71. The zero-order chi connectivity index (χ0) is 20.3. The Labute approximate surface area is 145 Å². The maximum atomic E-state index is 13.5. The average Bonchev–Trinajstić information content (AvgIpc) is 2.53. The number of carbonyl (C=O) groups excluding carboxylic acids is 1. The molecule has 13 heteroatoms. The second-order valence-electron chi connectivity index (χ2n) is 5.61. The number of benzene rings is 1. The van der Waals surface area contributed by atoms with Crippen molar-refractivity contribution >= 4 is 13.8 Å². The molecule has 0 aliphatic heterocycles. The number of esters is 1. The molecule has 0 aliphatic rings. The first kappa shape index (κ1) is 22.5. The highest BCUT2D eigenvalue weighted by Gasteiger charge is 2.32. The van der Waals surface area contributed by atoms with Crippen LogP contribution >= 0.6 is 7.82 Å². The first-order chi connectivity index (χ1) is 11.8. The Morgan fingerprint density at radius 1 is 1.00 bits per heavy atom. The standard InChI is InChI=1S/C13H15F5NO6P/c1-4-23-26(21,22)24-6-19(2,3)5-7(20)25-13-11(17)9(15)8(14)10(16)12(13)18/h4-6H2,1-3H3/p+1. The molecule has 0 spiro atoms. The van der Waals surface area contributed by atoms with Crippen LogP contribution in [0.2, 0.25) is 0 Å². The smallest absolute Gasteiger partial charge is 0.416 e. The normalized spacial score (nSPS) is 14.2. The van der Waals surface area contributed by atoms with Crippen LogP contribution in [0, 0.1) is 29.1 Å². The maximum Gasteiger partial charge on any atom is 0.476 e. The monoisotopic (exact) mass is 408 g/mol. The van der Waals surface area contributed by atoms with Gasteiger partial charge in [0.05, 0.1) is 20.7 Å². The van der Waals surface area contributed by atoms with Crippen LogP contribution in [0.4, 0.5) is 22.0 Å². The summed E-state index contributed by atoms with van der Waals surface area (Å²) < 4.78 is 90.2. The van der Waals surface area contributed by atoms with Gasteiger partial charge in [-0.25, -0.2) is 27.1 Å². The number of phosphoric ester groups is 1. The minimum absolute atomic E-state index is 0.122. The quantitative estimate of drug-likeness (QED) is 0.104. The van der Waals surface area contributed by atoms with E-state index in [1.54, 1.807) is 0 Å². The van der Waals surface area contributed by atoms with Crippen LogP contribution in [0.25, 0.3) is 0 Å². The van der Waals surface area contributed by atoms with E-state index in [1.165, 1.54) is 21.0 Å². The molecule has 0 bridgehead atoms. The molecule has 148 valence electrons. The average molecular weight is 408 g/mol. The van der Waals surface area contributed by atoms with E-state index in [9.17, 15) is 36.2 Å². The van der Waals surface area contributed by atoms with Crippen LogP contribution in [-0.2, 0) is 18.4 Å². The number of ether oxygens (including phenoxy) is 1. The van der Waals surface area contributed by atoms with Crippen molar-refractivity contribution in [3.8, 4) is 5.75 Å². The molecule has 0 saturated heterocycles. The van der Waals surface area contributed by atoms with E-state index in [4.69, 9.17) is 0 Å². The summed E-state index contributed by atoms with van der Waals surface area (Å²) >= 11 is 0. The van der Waals surface area contributed by atoms with Gasteiger partial charge in [0, 0.05) is 0 Å². The third-order valence-corrected chi connectivity index (χ3v) is 3.83. The minimum Gasteiger partial charge on any atom is -0.416 e. The summed E-state index contributed by atoms with van der Waals surface area (Å²) in [6.45, 7) is 0.0722. The van der Waals surface area contributed by atoms with E-state index < -0.39 is 66.4 Å². The van der Waals surface area contributed by atoms with E-state index in [0.717, 1.165) is 0 Å². The van der Waals surface area contributed by atoms with E-state index >= 15 is 0 Å². The van der Waals surface area contributed by atoms with Crippen LogP contribution in [0.3, 0.4) is 0 Å². The van der Waals surface area contributed by atoms with Crippen LogP contribution in [0.15, 0.2) is 0 Å².